The standard InChI is InChI=1S/C27H37ClO7/c28-18-6-5-7-19(14-18)32-17-20(33-26-8-1-3-12-30-26)10-11-21-22-15-25(29)34-24(22)16-23(21)35-27-9-2-4-13-31-27/h5-7,14,20-24,26-27H,1-4,8-13,15-17H2. The highest BCUT2D eigenvalue weighted by Crippen LogP contribution is 2.46. The molecule has 0 N–H and O–H groups in total. The first-order valence-corrected chi connectivity index (χ1v) is 13.6. The fourth-order valence-corrected chi connectivity index (χ4v) is 6.06. The lowest BCUT2D eigenvalue weighted by molar-refractivity contribution is -0.202. The van der Waals surface area contributed by atoms with Crippen LogP contribution in [0.2, 0.25) is 5.02 Å². The molecule has 0 bridgehead atoms. The highest BCUT2D eigenvalue weighted by molar-refractivity contribution is 6.30. The van der Waals surface area contributed by atoms with Crippen molar-refractivity contribution in [3.8, 4) is 5.75 Å². The van der Waals surface area contributed by atoms with Crippen molar-refractivity contribution in [1.82, 2.24) is 0 Å². The molecule has 0 radical (unpaired) electrons. The second kappa shape index (κ2) is 12.2. The van der Waals surface area contributed by atoms with E-state index in [1.807, 2.05) is 24.3 Å². The molecule has 35 heavy (non-hydrogen) atoms. The van der Waals surface area contributed by atoms with E-state index in [2.05, 4.69) is 0 Å². The van der Waals surface area contributed by atoms with Crippen LogP contribution in [0.25, 0.3) is 0 Å². The van der Waals surface area contributed by atoms with Gasteiger partial charge in [0, 0.05) is 30.6 Å². The summed E-state index contributed by atoms with van der Waals surface area (Å²) in [5, 5.41) is 0.642. The van der Waals surface area contributed by atoms with Gasteiger partial charge in [0.25, 0.3) is 0 Å². The fraction of sp³-hybridized carbons (Fsp3) is 0.741. The van der Waals surface area contributed by atoms with Crippen LogP contribution in [0.3, 0.4) is 0 Å². The molecule has 5 rings (SSSR count). The summed E-state index contributed by atoms with van der Waals surface area (Å²) in [7, 11) is 0. The van der Waals surface area contributed by atoms with E-state index in [0.29, 0.717) is 18.1 Å². The molecule has 3 aliphatic heterocycles. The largest absolute Gasteiger partial charge is 0.491 e. The molecular formula is C27H37ClO7. The van der Waals surface area contributed by atoms with Crippen molar-refractivity contribution in [2.45, 2.75) is 95.1 Å². The van der Waals surface area contributed by atoms with Gasteiger partial charge in [0.1, 0.15) is 18.5 Å². The summed E-state index contributed by atoms with van der Waals surface area (Å²) in [4.78, 5) is 12.0. The number of rotatable bonds is 10. The molecule has 4 aliphatic rings. The molecular weight excluding hydrogens is 472 g/mol. The predicted octanol–water partition coefficient (Wildman–Crippen LogP) is 5.27. The highest BCUT2D eigenvalue weighted by atomic mass is 35.5. The average molecular weight is 509 g/mol. The first-order chi connectivity index (χ1) is 17.1. The van der Waals surface area contributed by atoms with Crippen LogP contribution < -0.4 is 4.74 Å². The molecule has 1 saturated carbocycles. The molecule has 4 fully saturated rings. The first-order valence-electron chi connectivity index (χ1n) is 13.3. The van der Waals surface area contributed by atoms with E-state index in [1.54, 1.807) is 0 Å². The highest BCUT2D eigenvalue weighted by Gasteiger charge is 2.51. The molecule has 7 atom stereocenters. The molecule has 3 heterocycles. The van der Waals surface area contributed by atoms with Crippen molar-refractivity contribution < 1.29 is 33.2 Å². The lowest BCUT2D eigenvalue weighted by Crippen LogP contribution is -2.34. The number of carbonyl (C=O) groups excluding carboxylic acids is 1. The lowest BCUT2D eigenvalue weighted by atomic mass is 9.87. The van der Waals surface area contributed by atoms with Gasteiger partial charge in [-0.2, -0.15) is 0 Å². The number of esters is 1. The number of halogens is 1. The Morgan fingerprint density at radius 1 is 1.06 bits per heavy atom. The van der Waals surface area contributed by atoms with Crippen LogP contribution in [0, 0.1) is 11.8 Å². The maximum atomic E-state index is 12.0. The summed E-state index contributed by atoms with van der Waals surface area (Å²) in [6, 6.07) is 7.42. The number of hydrogen-bond donors (Lipinski definition) is 0. The van der Waals surface area contributed by atoms with Crippen LogP contribution >= 0.6 is 11.6 Å². The Morgan fingerprint density at radius 3 is 2.60 bits per heavy atom. The summed E-state index contributed by atoms with van der Waals surface area (Å²) in [6.45, 7) is 1.89. The molecule has 0 amide bonds. The minimum Gasteiger partial charge on any atom is -0.491 e. The lowest BCUT2D eigenvalue weighted by Gasteiger charge is -2.31. The van der Waals surface area contributed by atoms with Crippen molar-refractivity contribution in [1.29, 1.82) is 0 Å². The third-order valence-electron chi connectivity index (χ3n) is 7.66. The van der Waals surface area contributed by atoms with Crippen LogP contribution in [0.4, 0.5) is 0 Å². The molecule has 7 nitrogen and oxygen atoms in total. The minimum absolute atomic E-state index is 0.0293. The quantitative estimate of drug-likeness (QED) is 0.398. The van der Waals surface area contributed by atoms with Gasteiger partial charge in [0.2, 0.25) is 0 Å². The van der Waals surface area contributed by atoms with E-state index >= 15 is 0 Å². The number of benzene rings is 1. The Morgan fingerprint density at radius 2 is 1.86 bits per heavy atom. The third kappa shape index (κ3) is 6.89. The van der Waals surface area contributed by atoms with Crippen molar-refractivity contribution in [2.75, 3.05) is 19.8 Å². The maximum Gasteiger partial charge on any atom is 0.306 e. The Hall–Kier alpha value is -1.38. The fourth-order valence-electron chi connectivity index (χ4n) is 5.88. The number of carbonyl (C=O) groups is 1. The summed E-state index contributed by atoms with van der Waals surface area (Å²) >= 11 is 6.13. The summed E-state index contributed by atoms with van der Waals surface area (Å²) in [5.41, 5.74) is 0. The zero-order valence-electron chi connectivity index (χ0n) is 20.3. The van der Waals surface area contributed by atoms with Crippen molar-refractivity contribution >= 4 is 17.6 Å². The normalized spacial score (nSPS) is 33.8. The van der Waals surface area contributed by atoms with Crippen LogP contribution in [-0.4, -0.2) is 56.7 Å². The second-order valence-electron chi connectivity index (χ2n) is 10.2. The molecule has 8 heteroatoms. The third-order valence-corrected chi connectivity index (χ3v) is 7.89. The number of fused-ring (bicyclic) bond motifs is 1. The smallest absolute Gasteiger partial charge is 0.306 e. The van der Waals surface area contributed by atoms with Crippen LogP contribution in [0.5, 0.6) is 5.75 Å². The van der Waals surface area contributed by atoms with E-state index in [9.17, 15) is 4.79 Å². The number of hydrogen-bond acceptors (Lipinski definition) is 7. The van der Waals surface area contributed by atoms with Crippen molar-refractivity contribution in [3.63, 3.8) is 0 Å². The van der Waals surface area contributed by atoms with E-state index in [4.69, 9.17) is 40.0 Å². The van der Waals surface area contributed by atoms with Gasteiger partial charge in [0.05, 0.1) is 18.6 Å². The molecule has 1 aliphatic carbocycles. The molecule has 1 aromatic rings. The minimum atomic E-state index is -0.202. The van der Waals surface area contributed by atoms with Gasteiger partial charge in [-0.3, -0.25) is 4.79 Å². The SMILES string of the molecule is O=C1CC2C(CC(OC3CCCCO3)C2CCC(COc2cccc(Cl)c2)OC2CCCCO2)O1. The zero-order valence-corrected chi connectivity index (χ0v) is 21.0. The van der Waals surface area contributed by atoms with Gasteiger partial charge < -0.3 is 28.4 Å². The van der Waals surface area contributed by atoms with E-state index in [0.717, 1.165) is 76.8 Å². The molecule has 7 unspecified atom stereocenters. The van der Waals surface area contributed by atoms with Gasteiger partial charge in [-0.15, -0.1) is 0 Å². The summed E-state index contributed by atoms with van der Waals surface area (Å²) in [6.07, 6.45) is 8.58. The van der Waals surface area contributed by atoms with Gasteiger partial charge in [0.15, 0.2) is 12.6 Å². The monoisotopic (exact) mass is 508 g/mol. The second-order valence-corrected chi connectivity index (χ2v) is 10.6. The van der Waals surface area contributed by atoms with Crippen LogP contribution in [0.1, 0.15) is 64.2 Å². The summed E-state index contributed by atoms with van der Waals surface area (Å²) in [5.74, 6) is 1.05. The Kier molecular flexibility index (Phi) is 8.84. The Labute approximate surface area is 212 Å². The molecule has 0 spiro atoms. The topological polar surface area (TPSA) is 72.5 Å². The van der Waals surface area contributed by atoms with Crippen molar-refractivity contribution in [2.24, 2.45) is 11.8 Å². The van der Waals surface area contributed by atoms with Gasteiger partial charge in [-0.25, -0.2) is 0 Å². The molecule has 3 saturated heterocycles. The van der Waals surface area contributed by atoms with Crippen LogP contribution in [-0.2, 0) is 28.5 Å². The van der Waals surface area contributed by atoms with E-state index < -0.39 is 0 Å². The Bertz CT molecular complexity index is 824. The molecule has 0 aromatic heterocycles. The van der Waals surface area contributed by atoms with Crippen molar-refractivity contribution in [3.05, 3.63) is 29.3 Å². The van der Waals surface area contributed by atoms with Crippen LogP contribution in [0.15, 0.2) is 24.3 Å². The first kappa shape index (κ1) is 25.3. The molecule has 1 aromatic carbocycles. The van der Waals surface area contributed by atoms with Gasteiger partial charge in [-0.1, -0.05) is 17.7 Å². The number of ether oxygens (including phenoxy) is 6. The van der Waals surface area contributed by atoms with E-state index in [-0.39, 0.29) is 48.7 Å². The zero-order chi connectivity index (χ0) is 24.0. The predicted molar refractivity (Wildman–Crippen MR) is 129 cm³/mol. The van der Waals surface area contributed by atoms with Gasteiger partial charge >= 0.3 is 5.97 Å². The average Bonchev–Trinajstić information content (AvgIpc) is 3.37. The molecule has 194 valence electrons. The maximum absolute atomic E-state index is 12.0. The summed E-state index contributed by atoms with van der Waals surface area (Å²) < 4.78 is 36.2. The van der Waals surface area contributed by atoms with E-state index in [1.165, 1.54) is 0 Å². The van der Waals surface area contributed by atoms with Gasteiger partial charge in [-0.05, 0) is 75.5 Å². The Balaban J connectivity index is 1.22.